The first-order valence-electron chi connectivity index (χ1n) is 7.38. The standard InChI is InChI=1S/C15H25N3O3/c1-6-8-9-11(7-2)14(19)16-12-10(3)17-18(4)13(12)15(20)21-5/h11H,6-9H2,1-5H3,(H,16,19). The van der Waals surface area contributed by atoms with Crippen LogP contribution in [0.3, 0.4) is 0 Å². The van der Waals surface area contributed by atoms with Crippen LogP contribution in [-0.2, 0) is 16.6 Å². The molecule has 6 heteroatoms. The minimum Gasteiger partial charge on any atom is -0.464 e. The smallest absolute Gasteiger partial charge is 0.358 e. The Morgan fingerprint density at radius 3 is 2.57 bits per heavy atom. The molecule has 0 aliphatic rings. The Morgan fingerprint density at radius 1 is 1.38 bits per heavy atom. The number of hydrogen-bond donors (Lipinski definition) is 1. The van der Waals surface area contributed by atoms with Gasteiger partial charge < -0.3 is 10.1 Å². The third kappa shape index (κ3) is 4.06. The Morgan fingerprint density at radius 2 is 2.05 bits per heavy atom. The van der Waals surface area contributed by atoms with Gasteiger partial charge in [0.2, 0.25) is 5.91 Å². The average Bonchev–Trinajstić information content (AvgIpc) is 2.73. The predicted molar refractivity (Wildman–Crippen MR) is 81.2 cm³/mol. The second-order valence-corrected chi connectivity index (χ2v) is 5.16. The van der Waals surface area contributed by atoms with Crippen molar-refractivity contribution in [1.29, 1.82) is 0 Å². The number of aryl methyl sites for hydroxylation is 2. The summed E-state index contributed by atoms with van der Waals surface area (Å²) in [7, 11) is 2.97. The lowest BCUT2D eigenvalue weighted by atomic mass is 9.98. The minimum atomic E-state index is -0.505. The first kappa shape index (κ1) is 17.2. The Bertz CT molecular complexity index is 509. The molecule has 0 aromatic carbocycles. The van der Waals surface area contributed by atoms with Crippen LogP contribution in [0.25, 0.3) is 0 Å². The molecule has 1 heterocycles. The van der Waals surface area contributed by atoms with Gasteiger partial charge in [0.15, 0.2) is 5.69 Å². The van der Waals surface area contributed by atoms with E-state index in [0.717, 1.165) is 25.7 Å². The van der Waals surface area contributed by atoms with Gasteiger partial charge in [-0.3, -0.25) is 9.48 Å². The molecule has 21 heavy (non-hydrogen) atoms. The van der Waals surface area contributed by atoms with Gasteiger partial charge in [-0.15, -0.1) is 0 Å². The lowest BCUT2D eigenvalue weighted by Gasteiger charge is -2.15. The molecule has 1 amide bonds. The molecule has 0 spiro atoms. The van der Waals surface area contributed by atoms with Crippen molar-refractivity contribution in [2.45, 2.75) is 46.5 Å². The Balaban J connectivity index is 2.96. The average molecular weight is 295 g/mol. The van der Waals surface area contributed by atoms with Crippen molar-refractivity contribution in [1.82, 2.24) is 9.78 Å². The van der Waals surface area contributed by atoms with Crippen LogP contribution in [0.4, 0.5) is 5.69 Å². The van der Waals surface area contributed by atoms with Crippen molar-refractivity contribution in [3.05, 3.63) is 11.4 Å². The molecule has 0 bridgehead atoms. The topological polar surface area (TPSA) is 73.2 Å². The van der Waals surface area contributed by atoms with E-state index >= 15 is 0 Å². The fourth-order valence-corrected chi connectivity index (χ4v) is 2.34. The van der Waals surface area contributed by atoms with E-state index in [0.29, 0.717) is 11.4 Å². The lowest BCUT2D eigenvalue weighted by molar-refractivity contribution is -0.120. The number of anilines is 1. The van der Waals surface area contributed by atoms with Crippen molar-refractivity contribution >= 4 is 17.6 Å². The second kappa shape index (κ2) is 7.81. The number of esters is 1. The van der Waals surface area contributed by atoms with E-state index in [1.165, 1.54) is 11.8 Å². The maximum Gasteiger partial charge on any atom is 0.358 e. The summed E-state index contributed by atoms with van der Waals surface area (Å²) in [6.07, 6.45) is 3.70. The van der Waals surface area contributed by atoms with Crippen molar-refractivity contribution in [3.8, 4) is 0 Å². The third-order valence-corrected chi connectivity index (χ3v) is 3.62. The summed E-state index contributed by atoms with van der Waals surface area (Å²) in [6, 6.07) is 0. The van der Waals surface area contributed by atoms with E-state index in [1.807, 2.05) is 6.92 Å². The summed E-state index contributed by atoms with van der Waals surface area (Å²) in [5, 5.41) is 7.03. The maximum atomic E-state index is 12.4. The van der Waals surface area contributed by atoms with Gasteiger partial charge in [-0.25, -0.2) is 4.79 Å². The molecule has 6 nitrogen and oxygen atoms in total. The molecule has 0 aliphatic carbocycles. The monoisotopic (exact) mass is 295 g/mol. The van der Waals surface area contributed by atoms with E-state index < -0.39 is 5.97 Å². The number of hydrogen-bond acceptors (Lipinski definition) is 4. The molecule has 1 N–H and O–H groups in total. The highest BCUT2D eigenvalue weighted by molar-refractivity contribution is 6.01. The second-order valence-electron chi connectivity index (χ2n) is 5.16. The number of nitrogens with one attached hydrogen (secondary N) is 1. The summed E-state index contributed by atoms with van der Waals surface area (Å²) >= 11 is 0. The number of methoxy groups -OCH3 is 1. The molecule has 1 atom stereocenters. The van der Waals surface area contributed by atoms with Crippen molar-refractivity contribution in [2.75, 3.05) is 12.4 Å². The molecule has 1 aromatic heterocycles. The summed E-state index contributed by atoms with van der Waals surface area (Å²) in [4.78, 5) is 24.2. The van der Waals surface area contributed by atoms with Crippen molar-refractivity contribution < 1.29 is 14.3 Å². The zero-order chi connectivity index (χ0) is 16.0. The number of nitrogens with zero attached hydrogens (tertiary/aromatic N) is 2. The largest absolute Gasteiger partial charge is 0.464 e. The highest BCUT2D eigenvalue weighted by Gasteiger charge is 2.24. The molecule has 1 unspecified atom stereocenters. The van der Waals surface area contributed by atoms with Gasteiger partial charge in [0.25, 0.3) is 0 Å². The fraction of sp³-hybridized carbons (Fsp3) is 0.667. The predicted octanol–water partition coefficient (Wildman–Crippen LogP) is 2.67. The number of aromatic nitrogens is 2. The first-order chi connectivity index (χ1) is 9.96. The zero-order valence-corrected chi connectivity index (χ0v) is 13.5. The van der Waals surface area contributed by atoms with E-state index in [4.69, 9.17) is 4.74 Å². The van der Waals surface area contributed by atoms with Gasteiger partial charge in [0.05, 0.1) is 18.5 Å². The van der Waals surface area contributed by atoms with E-state index in [1.54, 1.807) is 14.0 Å². The van der Waals surface area contributed by atoms with Gasteiger partial charge in [-0.2, -0.15) is 5.10 Å². The summed E-state index contributed by atoms with van der Waals surface area (Å²) in [5.74, 6) is -0.614. The number of carbonyl (C=O) groups is 2. The van der Waals surface area contributed by atoms with Crippen LogP contribution in [0.2, 0.25) is 0 Å². The highest BCUT2D eigenvalue weighted by Crippen LogP contribution is 2.23. The Kier molecular flexibility index (Phi) is 6.39. The van der Waals surface area contributed by atoms with E-state index in [-0.39, 0.29) is 17.5 Å². The molecule has 1 aromatic rings. The van der Waals surface area contributed by atoms with Crippen molar-refractivity contribution in [2.24, 2.45) is 13.0 Å². The first-order valence-corrected chi connectivity index (χ1v) is 7.38. The lowest BCUT2D eigenvalue weighted by Crippen LogP contribution is -2.24. The Hall–Kier alpha value is -1.85. The van der Waals surface area contributed by atoms with Gasteiger partial charge >= 0.3 is 5.97 Å². The van der Waals surface area contributed by atoms with Crippen LogP contribution in [0.15, 0.2) is 0 Å². The molecule has 0 saturated heterocycles. The molecule has 0 aliphatic heterocycles. The summed E-state index contributed by atoms with van der Waals surface area (Å²) in [6.45, 7) is 5.86. The summed E-state index contributed by atoms with van der Waals surface area (Å²) < 4.78 is 6.19. The number of amides is 1. The molecule has 0 fully saturated rings. The number of rotatable bonds is 7. The number of ether oxygens (including phenoxy) is 1. The van der Waals surface area contributed by atoms with E-state index in [9.17, 15) is 9.59 Å². The maximum absolute atomic E-state index is 12.4. The van der Waals surface area contributed by atoms with E-state index in [2.05, 4.69) is 17.3 Å². The SMILES string of the molecule is CCCCC(CC)C(=O)Nc1c(C)nn(C)c1C(=O)OC. The normalized spacial score (nSPS) is 12.0. The van der Waals surface area contributed by atoms with Gasteiger partial charge in [-0.1, -0.05) is 26.7 Å². The Labute approximate surface area is 125 Å². The molecule has 0 saturated carbocycles. The number of unbranched alkanes of at least 4 members (excludes halogenated alkanes) is 1. The van der Waals surface area contributed by atoms with Gasteiger partial charge in [0.1, 0.15) is 0 Å². The minimum absolute atomic E-state index is 0.0462. The van der Waals surface area contributed by atoms with Crippen LogP contribution in [-0.4, -0.2) is 28.8 Å². The number of carbonyl (C=O) groups excluding carboxylic acids is 2. The zero-order valence-electron chi connectivity index (χ0n) is 13.5. The molecule has 1 rings (SSSR count). The van der Waals surface area contributed by atoms with Crippen LogP contribution in [0, 0.1) is 12.8 Å². The quantitative estimate of drug-likeness (QED) is 0.785. The van der Waals surface area contributed by atoms with Crippen molar-refractivity contribution in [3.63, 3.8) is 0 Å². The fourth-order valence-electron chi connectivity index (χ4n) is 2.34. The molecule has 118 valence electrons. The van der Waals surface area contributed by atoms with Gasteiger partial charge in [0, 0.05) is 13.0 Å². The molecular formula is C15H25N3O3. The molecular weight excluding hydrogens is 270 g/mol. The summed E-state index contributed by atoms with van der Waals surface area (Å²) in [5.41, 5.74) is 1.33. The van der Waals surface area contributed by atoms with Crippen LogP contribution >= 0.6 is 0 Å². The van der Waals surface area contributed by atoms with Crippen LogP contribution in [0.1, 0.15) is 55.7 Å². The van der Waals surface area contributed by atoms with Gasteiger partial charge in [-0.05, 0) is 19.8 Å². The molecule has 0 radical (unpaired) electrons. The third-order valence-electron chi connectivity index (χ3n) is 3.62. The van der Waals surface area contributed by atoms with Crippen LogP contribution in [0.5, 0.6) is 0 Å². The van der Waals surface area contributed by atoms with Crippen LogP contribution < -0.4 is 5.32 Å². The highest BCUT2D eigenvalue weighted by atomic mass is 16.5.